The van der Waals surface area contributed by atoms with E-state index < -0.39 is 0 Å². The van der Waals surface area contributed by atoms with Gasteiger partial charge in [-0.25, -0.2) is 10.2 Å². The van der Waals surface area contributed by atoms with Crippen LogP contribution in [0.5, 0.6) is 0 Å². The fraction of sp³-hybridized carbons (Fsp3) is 0.462. The molecule has 2 nitrogen and oxygen atoms in total. The normalized spacial score (nSPS) is 9.47. The molecule has 0 spiro atoms. The number of hydrogen-bond donors (Lipinski definition) is 1. The molecule has 0 aromatic heterocycles. The summed E-state index contributed by atoms with van der Waals surface area (Å²) in [7, 11) is 0. The standard InChI is InChI=1S/C12H18.CHNO/c1-9(2)11-7-5-6-8-12(11)10(3)4;2-1-3/h5-10H,1-4H3;2H. The zero-order chi connectivity index (χ0) is 11.8. The maximum atomic E-state index is 8.35. The van der Waals surface area contributed by atoms with E-state index >= 15 is 0 Å². The Morgan fingerprint density at radius 2 is 1.27 bits per heavy atom. The average Bonchev–Trinajstić information content (AvgIpc) is 2.19. The van der Waals surface area contributed by atoms with Crippen LogP contribution in [0, 0.1) is 5.41 Å². The van der Waals surface area contributed by atoms with Crippen molar-refractivity contribution >= 4 is 6.08 Å². The Morgan fingerprint density at radius 3 is 1.47 bits per heavy atom. The first-order chi connectivity index (χ1) is 7.04. The predicted molar refractivity (Wildman–Crippen MR) is 63.0 cm³/mol. The maximum absolute atomic E-state index is 8.35. The van der Waals surface area contributed by atoms with E-state index in [-0.39, 0.29) is 0 Å². The van der Waals surface area contributed by atoms with Gasteiger partial charge in [0.2, 0.25) is 6.08 Å². The third-order valence-corrected chi connectivity index (χ3v) is 2.24. The zero-order valence-electron chi connectivity index (χ0n) is 9.87. The van der Waals surface area contributed by atoms with Crippen LogP contribution in [0.15, 0.2) is 24.3 Å². The highest BCUT2D eigenvalue weighted by atomic mass is 16.1. The second-order valence-corrected chi connectivity index (χ2v) is 4.04. The summed E-state index contributed by atoms with van der Waals surface area (Å²) in [5, 5.41) is 5.40. The maximum Gasteiger partial charge on any atom is 0.231 e. The minimum Gasteiger partial charge on any atom is -0.222 e. The summed E-state index contributed by atoms with van der Waals surface area (Å²) < 4.78 is 0. The van der Waals surface area contributed by atoms with E-state index in [4.69, 9.17) is 10.2 Å². The van der Waals surface area contributed by atoms with Gasteiger partial charge in [-0.2, -0.15) is 0 Å². The molecule has 1 N–H and O–H groups in total. The average molecular weight is 205 g/mol. The van der Waals surface area contributed by atoms with E-state index in [1.54, 1.807) is 0 Å². The van der Waals surface area contributed by atoms with E-state index in [2.05, 4.69) is 52.0 Å². The summed E-state index contributed by atoms with van der Waals surface area (Å²) >= 11 is 0. The lowest BCUT2D eigenvalue weighted by Gasteiger charge is -2.14. The molecule has 0 fully saturated rings. The lowest BCUT2D eigenvalue weighted by Crippen LogP contribution is -1.97. The van der Waals surface area contributed by atoms with Gasteiger partial charge < -0.3 is 0 Å². The first-order valence-corrected chi connectivity index (χ1v) is 5.17. The van der Waals surface area contributed by atoms with Gasteiger partial charge in [0.05, 0.1) is 0 Å². The highest BCUT2D eigenvalue weighted by Gasteiger charge is 2.07. The van der Waals surface area contributed by atoms with Crippen LogP contribution in [0.25, 0.3) is 0 Å². The Hall–Kier alpha value is -1.40. The Kier molecular flexibility index (Phi) is 6.32. The molecule has 2 heteroatoms. The van der Waals surface area contributed by atoms with Crippen molar-refractivity contribution in [2.24, 2.45) is 0 Å². The molecule has 1 aromatic rings. The van der Waals surface area contributed by atoms with Gasteiger partial charge in [-0.15, -0.1) is 0 Å². The third kappa shape index (κ3) is 4.57. The van der Waals surface area contributed by atoms with E-state index in [1.165, 1.54) is 11.1 Å². The molecule has 82 valence electrons. The fourth-order valence-corrected chi connectivity index (χ4v) is 1.56. The van der Waals surface area contributed by atoms with Gasteiger partial charge in [0.1, 0.15) is 0 Å². The van der Waals surface area contributed by atoms with E-state index in [0.29, 0.717) is 11.8 Å². The summed E-state index contributed by atoms with van der Waals surface area (Å²) in [5.41, 5.74) is 2.99. The molecule has 0 saturated heterocycles. The lowest BCUT2D eigenvalue weighted by atomic mass is 9.91. The highest BCUT2D eigenvalue weighted by Crippen LogP contribution is 2.25. The van der Waals surface area contributed by atoms with Crippen molar-refractivity contribution in [2.45, 2.75) is 39.5 Å². The molecule has 0 aliphatic carbocycles. The van der Waals surface area contributed by atoms with Crippen LogP contribution in [-0.2, 0) is 4.79 Å². The Labute approximate surface area is 91.8 Å². The van der Waals surface area contributed by atoms with Gasteiger partial charge >= 0.3 is 0 Å². The minimum absolute atomic E-state index is 0.642. The predicted octanol–water partition coefficient (Wildman–Crippen LogP) is 3.83. The molecule has 0 radical (unpaired) electrons. The fourth-order valence-electron chi connectivity index (χ4n) is 1.56. The first-order valence-electron chi connectivity index (χ1n) is 5.17. The van der Waals surface area contributed by atoms with Gasteiger partial charge in [0, 0.05) is 0 Å². The number of hydrogen-bond acceptors (Lipinski definition) is 2. The van der Waals surface area contributed by atoms with Crippen LogP contribution in [0.2, 0.25) is 0 Å². The molecule has 1 rings (SSSR count). The topological polar surface area (TPSA) is 40.9 Å². The molecule has 0 atom stereocenters. The molecule has 0 heterocycles. The van der Waals surface area contributed by atoms with Crippen molar-refractivity contribution in [3.63, 3.8) is 0 Å². The van der Waals surface area contributed by atoms with Crippen LogP contribution in [0.3, 0.4) is 0 Å². The number of isocyanates is 1. The second-order valence-electron chi connectivity index (χ2n) is 4.04. The molecule has 0 amide bonds. The van der Waals surface area contributed by atoms with Crippen molar-refractivity contribution < 1.29 is 4.79 Å². The Bertz CT molecular complexity index is 296. The molecule has 0 saturated carbocycles. The summed E-state index contributed by atoms with van der Waals surface area (Å²) in [6, 6.07) is 8.72. The minimum atomic E-state index is 0.642. The Balaban J connectivity index is 0.000000583. The number of nitrogens with one attached hydrogen (secondary N) is 1. The molecule has 0 aliphatic rings. The number of carbonyl (C=O) groups excluding carboxylic acids is 1. The van der Waals surface area contributed by atoms with Crippen LogP contribution in [-0.4, -0.2) is 6.08 Å². The van der Waals surface area contributed by atoms with Gasteiger partial charge in [0.25, 0.3) is 0 Å². The van der Waals surface area contributed by atoms with Gasteiger partial charge in [-0.1, -0.05) is 52.0 Å². The molecular formula is C13H19NO. The monoisotopic (exact) mass is 205 g/mol. The van der Waals surface area contributed by atoms with Gasteiger partial charge in [0.15, 0.2) is 0 Å². The highest BCUT2D eigenvalue weighted by molar-refractivity contribution is 5.31. The molecule has 0 aliphatic heterocycles. The van der Waals surface area contributed by atoms with Crippen LogP contribution < -0.4 is 0 Å². The van der Waals surface area contributed by atoms with Gasteiger partial charge in [-0.3, -0.25) is 0 Å². The van der Waals surface area contributed by atoms with E-state index in [9.17, 15) is 0 Å². The van der Waals surface area contributed by atoms with Crippen molar-refractivity contribution in [3.05, 3.63) is 35.4 Å². The molecule has 1 aromatic carbocycles. The zero-order valence-corrected chi connectivity index (χ0v) is 9.87. The number of rotatable bonds is 2. The smallest absolute Gasteiger partial charge is 0.222 e. The third-order valence-electron chi connectivity index (χ3n) is 2.24. The van der Waals surface area contributed by atoms with Crippen molar-refractivity contribution in [1.82, 2.24) is 0 Å². The molecule has 15 heavy (non-hydrogen) atoms. The largest absolute Gasteiger partial charge is 0.231 e. The SMILES string of the molecule is CC(C)c1ccccc1C(C)C.N=C=O. The van der Waals surface area contributed by atoms with Crippen LogP contribution >= 0.6 is 0 Å². The van der Waals surface area contributed by atoms with Crippen molar-refractivity contribution in [3.8, 4) is 0 Å². The van der Waals surface area contributed by atoms with E-state index in [1.807, 2.05) is 0 Å². The van der Waals surface area contributed by atoms with E-state index in [0.717, 1.165) is 6.08 Å². The summed E-state index contributed by atoms with van der Waals surface area (Å²) in [6.07, 6.45) is 0.750. The van der Waals surface area contributed by atoms with Gasteiger partial charge in [-0.05, 0) is 23.0 Å². The van der Waals surface area contributed by atoms with Crippen LogP contribution in [0.4, 0.5) is 0 Å². The summed E-state index contributed by atoms with van der Waals surface area (Å²) in [5.74, 6) is 1.28. The van der Waals surface area contributed by atoms with Crippen molar-refractivity contribution in [2.75, 3.05) is 0 Å². The first kappa shape index (κ1) is 13.6. The quantitative estimate of drug-likeness (QED) is 0.578. The molecule has 0 unspecified atom stereocenters. The Morgan fingerprint density at radius 1 is 1.00 bits per heavy atom. The molecule has 0 bridgehead atoms. The van der Waals surface area contributed by atoms with Crippen LogP contribution in [0.1, 0.15) is 50.7 Å². The molecular weight excluding hydrogens is 186 g/mol. The lowest BCUT2D eigenvalue weighted by molar-refractivity contribution is 0.563. The van der Waals surface area contributed by atoms with Crippen molar-refractivity contribution in [1.29, 1.82) is 5.41 Å². The summed E-state index contributed by atoms with van der Waals surface area (Å²) in [6.45, 7) is 9.00. The number of benzene rings is 1. The summed E-state index contributed by atoms with van der Waals surface area (Å²) in [4.78, 5) is 8.35. The second kappa shape index (κ2) is 6.97.